The molecule has 9 heteroatoms. The number of halogens is 2. The van der Waals surface area contributed by atoms with Crippen LogP contribution in [0.5, 0.6) is 5.75 Å². The Hall–Kier alpha value is -1.28. The standard InChI is InChI=1S/C20H23Cl2NO4S2/c1-3-6-27-19-16(21)9-14(10-17(19)22)20(24)23(11-18-13(2)4-7-28-18)15-5-8-29(25,26)12-15/h4,7,9-10,15H,3,5-6,8,11-12H2,1-2H3. The van der Waals surface area contributed by atoms with E-state index in [-0.39, 0.29) is 33.5 Å². The molecule has 0 saturated carbocycles. The number of thiophene rings is 1. The molecule has 0 N–H and O–H groups in total. The molecule has 1 atom stereocenters. The highest BCUT2D eigenvalue weighted by Crippen LogP contribution is 2.35. The molecular weight excluding hydrogens is 453 g/mol. The maximum absolute atomic E-state index is 13.4. The summed E-state index contributed by atoms with van der Waals surface area (Å²) in [6.07, 6.45) is 1.23. The average molecular weight is 476 g/mol. The number of hydrogen-bond donors (Lipinski definition) is 0. The van der Waals surface area contributed by atoms with Crippen LogP contribution in [0.25, 0.3) is 0 Å². The predicted octanol–water partition coefficient (Wildman–Crippen LogP) is 4.98. The number of sulfone groups is 1. The van der Waals surface area contributed by atoms with Crippen molar-refractivity contribution < 1.29 is 17.9 Å². The number of hydrogen-bond acceptors (Lipinski definition) is 5. The summed E-state index contributed by atoms with van der Waals surface area (Å²) in [5, 5.41) is 2.49. The monoisotopic (exact) mass is 475 g/mol. The van der Waals surface area contributed by atoms with Gasteiger partial charge in [-0.3, -0.25) is 4.79 Å². The van der Waals surface area contributed by atoms with E-state index in [1.54, 1.807) is 28.4 Å². The van der Waals surface area contributed by atoms with Crippen LogP contribution < -0.4 is 4.74 Å². The van der Waals surface area contributed by atoms with Gasteiger partial charge >= 0.3 is 0 Å². The van der Waals surface area contributed by atoms with Gasteiger partial charge < -0.3 is 9.64 Å². The van der Waals surface area contributed by atoms with Crippen LogP contribution in [0.3, 0.4) is 0 Å². The number of ether oxygens (including phenoxy) is 1. The lowest BCUT2D eigenvalue weighted by atomic mass is 10.1. The van der Waals surface area contributed by atoms with Gasteiger partial charge in [-0.1, -0.05) is 30.1 Å². The molecule has 0 radical (unpaired) electrons. The van der Waals surface area contributed by atoms with Gasteiger partial charge in [0.1, 0.15) is 0 Å². The van der Waals surface area contributed by atoms with E-state index in [0.717, 1.165) is 16.9 Å². The van der Waals surface area contributed by atoms with Crippen molar-refractivity contribution in [3.8, 4) is 5.75 Å². The van der Waals surface area contributed by atoms with E-state index in [9.17, 15) is 13.2 Å². The Morgan fingerprint density at radius 2 is 2.00 bits per heavy atom. The quantitative estimate of drug-likeness (QED) is 0.566. The van der Waals surface area contributed by atoms with Crippen molar-refractivity contribution in [3.05, 3.63) is 49.6 Å². The van der Waals surface area contributed by atoms with Gasteiger partial charge in [0.2, 0.25) is 0 Å². The van der Waals surface area contributed by atoms with Crippen molar-refractivity contribution in [1.29, 1.82) is 0 Å². The van der Waals surface area contributed by atoms with Gasteiger partial charge in [0.15, 0.2) is 15.6 Å². The van der Waals surface area contributed by atoms with Crippen molar-refractivity contribution in [2.75, 3.05) is 18.1 Å². The van der Waals surface area contributed by atoms with E-state index in [1.807, 2.05) is 25.3 Å². The first-order valence-electron chi connectivity index (χ1n) is 9.38. The van der Waals surface area contributed by atoms with Gasteiger partial charge in [0.05, 0.1) is 34.7 Å². The fourth-order valence-corrected chi connectivity index (χ4v) is 6.53. The van der Waals surface area contributed by atoms with E-state index in [2.05, 4.69) is 0 Å². The maximum atomic E-state index is 13.4. The number of benzene rings is 1. The summed E-state index contributed by atoms with van der Waals surface area (Å²) in [5.41, 5.74) is 1.40. The van der Waals surface area contributed by atoms with Gasteiger partial charge in [-0.25, -0.2) is 8.42 Å². The lowest BCUT2D eigenvalue weighted by Gasteiger charge is -2.28. The maximum Gasteiger partial charge on any atom is 0.254 e. The van der Waals surface area contributed by atoms with Crippen molar-refractivity contribution >= 4 is 50.3 Å². The summed E-state index contributed by atoms with van der Waals surface area (Å²) in [4.78, 5) is 16.1. The molecule has 1 fully saturated rings. The highest BCUT2D eigenvalue weighted by atomic mass is 35.5. The minimum Gasteiger partial charge on any atom is -0.490 e. The summed E-state index contributed by atoms with van der Waals surface area (Å²) in [6, 6.07) is 4.70. The average Bonchev–Trinajstić information content (AvgIpc) is 3.23. The molecule has 2 aromatic rings. The molecule has 1 aliphatic rings. The predicted molar refractivity (Wildman–Crippen MR) is 118 cm³/mol. The zero-order valence-corrected chi connectivity index (χ0v) is 19.4. The van der Waals surface area contributed by atoms with Crippen molar-refractivity contribution in [2.45, 2.75) is 39.3 Å². The molecule has 5 nitrogen and oxygen atoms in total. The smallest absolute Gasteiger partial charge is 0.254 e. The molecule has 1 aromatic heterocycles. The largest absolute Gasteiger partial charge is 0.490 e. The molecule has 1 unspecified atom stereocenters. The third-order valence-corrected chi connectivity index (χ3v) is 8.21. The molecule has 1 aromatic carbocycles. The van der Waals surface area contributed by atoms with Crippen LogP contribution >= 0.6 is 34.5 Å². The van der Waals surface area contributed by atoms with Gasteiger partial charge in [-0.2, -0.15) is 0 Å². The van der Waals surface area contributed by atoms with Crippen LogP contribution in [-0.4, -0.2) is 43.4 Å². The number of rotatable bonds is 7. The molecule has 158 valence electrons. The van der Waals surface area contributed by atoms with E-state index >= 15 is 0 Å². The van der Waals surface area contributed by atoms with E-state index in [4.69, 9.17) is 27.9 Å². The number of aryl methyl sites for hydroxylation is 1. The lowest BCUT2D eigenvalue weighted by Crippen LogP contribution is -2.40. The van der Waals surface area contributed by atoms with Gasteiger partial charge in [-0.05, 0) is 48.9 Å². The highest BCUT2D eigenvalue weighted by Gasteiger charge is 2.35. The molecule has 0 aliphatic carbocycles. The van der Waals surface area contributed by atoms with Crippen LogP contribution in [0.15, 0.2) is 23.6 Å². The third kappa shape index (κ3) is 5.26. The molecule has 0 bridgehead atoms. The summed E-state index contributed by atoms with van der Waals surface area (Å²) < 4.78 is 29.6. The van der Waals surface area contributed by atoms with Crippen molar-refractivity contribution in [1.82, 2.24) is 4.90 Å². The molecule has 1 amide bonds. The van der Waals surface area contributed by atoms with E-state index in [1.165, 1.54) is 0 Å². The Labute approximate surface area is 185 Å². The number of nitrogens with zero attached hydrogens (tertiary/aromatic N) is 1. The van der Waals surface area contributed by atoms with Crippen LogP contribution in [0, 0.1) is 6.92 Å². The van der Waals surface area contributed by atoms with Crippen LogP contribution in [0.2, 0.25) is 10.0 Å². The lowest BCUT2D eigenvalue weighted by molar-refractivity contribution is 0.0683. The second-order valence-electron chi connectivity index (χ2n) is 7.13. The topological polar surface area (TPSA) is 63.7 Å². The van der Waals surface area contributed by atoms with Crippen molar-refractivity contribution in [3.63, 3.8) is 0 Å². The summed E-state index contributed by atoms with van der Waals surface area (Å²) in [5.74, 6) is 0.139. The van der Waals surface area contributed by atoms with Crippen LogP contribution in [0.4, 0.5) is 0 Å². The molecule has 1 aliphatic heterocycles. The summed E-state index contributed by atoms with van der Waals surface area (Å²) >= 11 is 14.2. The first-order chi connectivity index (χ1) is 13.7. The fraction of sp³-hybridized carbons (Fsp3) is 0.450. The Bertz CT molecular complexity index is 981. The van der Waals surface area contributed by atoms with Crippen molar-refractivity contribution in [2.24, 2.45) is 0 Å². The Morgan fingerprint density at radius 3 is 2.52 bits per heavy atom. The van der Waals surface area contributed by atoms with Gasteiger partial charge in [0, 0.05) is 16.5 Å². The minimum atomic E-state index is -3.14. The van der Waals surface area contributed by atoms with Crippen LogP contribution in [-0.2, 0) is 16.4 Å². The molecule has 29 heavy (non-hydrogen) atoms. The van der Waals surface area contributed by atoms with Gasteiger partial charge in [-0.15, -0.1) is 11.3 Å². The molecule has 2 heterocycles. The second-order valence-corrected chi connectivity index (χ2v) is 11.2. The number of carbonyl (C=O) groups excluding carboxylic acids is 1. The first-order valence-corrected chi connectivity index (χ1v) is 12.8. The third-order valence-electron chi connectivity index (χ3n) is 4.89. The summed E-state index contributed by atoms with van der Waals surface area (Å²) in [6.45, 7) is 4.77. The molecule has 1 saturated heterocycles. The molecular formula is C20H23Cl2NO4S2. The van der Waals surface area contributed by atoms with Gasteiger partial charge in [0.25, 0.3) is 5.91 Å². The Kier molecular flexibility index (Phi) is 7.14. The number of carbonyl (C=O) groups is 1. The Balaban J connectivity index is 1.93. The number of amides is 1. The molecule has 3 rings (SSSR count). The minimum absolute atomic E-state index is 0.0255. The normalized spacial score (nSPS) is 18.0. The summed E-state index contributed by atoms with van der Waals surface area (Å²) in [7, 11) is -3.14. The zero-order chi connectivity index (χ0) is 21.2. The first kappa shape index (κ1) is 22.4. The highest BCUT2D eigenvalue weighted by molar-refractivity contribution is 7.91. The SMILES string of the molecule is CCCOc1c(Cl)cc(C(=O)N(Cc2sccc2C)C2CCS(=O)(=O)C2)cc1Cl. The Morgan fingerprint density at radius 1 is 1.31 bits per heavy atom. The fourth-order valence-electron chi connectivity index (χ4n) is 3.30. The second kappa shape index (κ2) is 9.25. The van der Waals surface area contributed by atoms with E-state index < -0.39 is 9.84 Å². The molecule has 0 spiro atoms. The van der Waals surface area contributed by atoms with E-state index in [0.29, 0.717) is 30.9 Å². The zero-order valence-electron chi connectivity index (χ0n) is 16.3. The van der Waals surface area contributed by atoms with Crippen LogP contribution in [0.1, 0.15) is 40.6 Å².